The first-order valence-corrected chi connectivity index (χ1v) is 4.16. The zero-order valence-corrected chi connectivity index (χ0v) is 7.23. The molecule has 1 unspecified atom stereocenters. The van der Waals surface area contributed by atoms with E-state index in [-0.39, 0.29) is 0 Å². The number of aliphatic hydroxyl groups excluding tert-OH is 1. The average molecular weight is 166 g/mol. The Labute approximate surface area is 72.8 Å². The first-order chi connectivity index (χ1) is 5.83. The summed E-state index contributed by atoms with van der Waals surface area (Å²) in [7, 11) is 0. The third-order valence-electron chi connectivity index (χ3n) is 1.63. The topological polar surface area (TPSA) is 29.5 Å². The van der Waals surface area contributed by atoms with Gasteiger partial charge >= 0.3 is 0 Å². The SMILES string of the molecule is CCC(O)OCc1ccccc1. The summed E-state index contributed by atoms with van der Waals surface area (Å²) in [5.74, 6) is 0. The van der Waals surface area contributed by atoms with E-state index < -0.39 is 6.29 Å². The average Bonchev–Trinajstić information content (AvgIpc) is 2.16. The van der Waals surface area contributed by atoms with E-state index in [0.29, 0.717) is 13.0 Å². The Kier molecular flexibility index (Phi) is 3.77. The quantitative estimate of drug-likeness (QED) is 0.692. The van der Waals surface area contributed by atoms with Gasteiger partial charge in [-0.1, -0.05) is 37.3 Å². The van der Waals surface area contributed by atoms with E-state index in [4.69, 9.17) is 9.84 Å². The molecule has 66 valence electrons. The molecule has 0 saturated heterocycles. The standard InChI is InChI=1S/C10H14O2/c1-2-10(11)12-8-9-6-4-3-5-7-9/h3-7,10-11H,2,8H2,1H3. The first kappa shape index (κ1) is 9.23. The van der Waals surface area contributed by atoms with Crippen LogP contribution in [0.1, 0.15) is 18.9 Å². The van der Waals surface area contributed by atoms with Crippen LogP contribution in [0.4, 0.5) is 0 Å². The lowest BCUT2D eigenvalue weighted by molar-refractivity contribution is -0.109. The van der Waals surface area contributed by atoms with Gasteiger partial charge in [-0.05, 0) is 12.0 Å². The van der Waals surface area contributed by atoms with Crippen LogP contribution in [0.5, 0.6) is 0 Å². The Morgan fingerprint density at radius 3 is 2.58 bits per heavy atom. The van der Waals surface area contributed by atoms with E-state index in [2.05, 4.69) is 0 Å². The molecular weight excluding hydrogens is 152 g/mol. The lowest BCUT2D eigenvalue weighted by Crippen LogP contribution is -2.09. The molecule has 12 heavy (non-hydrogen) atoms. The van der Waals surface area contributed by atoms with Crippen molar-refractivity contribution in [3.8, 4) is 0 Å². The fourth-order valence-electron chi connectivity index (χ4n) is 0.885. The van der Waals surface area contributed by atoms with Crippen LogP contribution in [0.25, 0.3) is 0 Å². The number of rotatable bonds is 4. The van der Waals surface area contributed by atoms with Gasteiger partial charge in [0, 0.05) is 0 Å². The molecule has 1 aromatic carbocycles. The van der Waals surface area contributed by atoms with Gasteiger partial charge in [-0.3, -0.25) is 0 Å². The molecule has 0 spiro atoms. The molecule has 2 heteroatoms. The van der Waals surface area contributed by atoms with Crippen molar-refractivity contribution in [2.24, 2.45) is 0 Å². The summed E-state index contributed by atoms with van der Waals surface area (Å²) in [5, 5.41) is 9.10. The van der Waals surface area contributed by atoms with Crippen molar-refractivity contribution in [2.45, 2.75) is 26.2 Å². The van der Waals surface area contributed by atoms with Gasteiger partial charge in [0.15, 0.2) is 6.29 Å². The van der Waals surface area contributed by atoms with E-state index in [9.17, 15) is 0 Å². The van der Waals surface area contributed by atoms with Gasteiger partial charge in [-0.25, -0.2) is 0 Å². The van der Waals surface area contributed by atoms with Crippen LogP contribution in [0.15, 0.2) is 30.3 Å². The fourth-order valence-corrected chi connectivity index (χ4v) is 0.885. The molecule has 0 radical (unpaired) electrons. The van der Waals surface area contributed by atoms with E-state index in [1.54, 1.807) is 0 Å². The van der Waals surface area contributed by atoms with Crippen molar-refractivity contribution >= 4 is 0 Å². The highest BCUT2D eigenvalue weighted by atomic mass is 16.6. The molecule has 0 saturated carbocycles. The van der Waals surface area contributed by atoms with Crippen molar-refractivity contribution < 1.29 is 9.84 Å². The largest absolute Gasteiger partial charge is 0.368 e. The van der Waals surface area contributed by atoms with E-state index >= 15 is 0 Å². The van der Waals surface area contributed by atoms with Gasteiger partial charge in [0.2, 0.25) is 0 Å². The summed E-state index contributed by atoms with van der Waals surface area (Å²) < 4.78 is 5.13. The van der Waals surface area contributed by atoms with Crippen molar-refractivity contribution in [2.75, 3.05) is 0 Å². The molecule has 1 aromatic rings. The van der Waals surface area contributed by atoms with Gasteiger partial charge < -0.3 is 9.84 Å². The Balaban J connectivity index is 2.33. The highest BCUT2D eigenvalue weighted by molar-refractivity contribution is 5.13. The second kappa shape index (κ2) is 4.91. The van der Waals surface area contributed by atoms with Crippen LogP contribution in [0, 0.1) is 0 Å². The second-order valence-electron chi connectivity index (χ2n) is 2.66. The molecule has 2 nitrogen and oxygen atoms in total. The lowest BCUT2D eigenvalue weighted by Gasteiger charge is -2.08. The Morgan fingerprint density at radius 2 is 2.00 bits per heavy atom. The normalized spacial score (nSPS) is 12.8. The van der Waals surface area contributed by atoms with Crippen LogP contribution >= 0.6 is 0 Å². The summed E-state index contributed by atoms with van der Waals surface area (Å²) >= 11 is 0. The Morgan fingerprint density at radius 1 is 1.33 bits per heavy atom. The molecule has 0 aliphatic heterocycles. The number of aliphatic hydroxyl groups is 1. The van der Waals surface area contributed by atoms with Crippen LogP contribution in [0.2, 0.25) is 0 Å². The van der Waals surface area contributed by atoms with Crippen molar-refractivity contribution in [1.82, 2.24) is 0 Å². The van der Waals surface area contributed by atoms with Crippen LogP contribution in [0.3, 0.4) is 0 Å². The number of hydrogen-bond donors (Lipinski definition) is 1. The fraction of sp³-hybridized carbons (Fsp3) is 0.400. The maximum atomic E-state index is 9.10. The molecular formula is C10H14O2. The van der Waals surface area contributed by atoms with Gasteiger partial charge in [0.05, 0.1) is 6.61 Å². The highest BCUT2D eigenvalue weighted by Crippen LogP contribution is 2.03. The third-order valence-corrected chi connectivity index (χ3v) is 1.63. The molecule has 1 rings (SSSR count). The zero-order valence-electron chi connectivity index (χ0n) is 7.23. The summed E-state index contributed by atoms with van der Waals surface area (Å²) in [6, 6.07) is 9.82. The molecule has 0 heterocycles. The molecule has 0 aliphatic rings. The highest BCUT2D eigenvalue weighted by Gasteiger charge is 1.99. The summed E-state index contributed by atoms with van der Waals surface area (Å²) in [4.78, 5) is 0. The molecule has 0 fully saturated rings. The van der Waals surface area contributed by atoms with Crippen molar-refractivity contribution in [3.05, 3.63) is 35.9 Å². The molecule has 0 aromatic heterocycles. The Hall–Kier alpha value is -0.860. The van der Waals surface area contributed by atoms with Crippen LogP contribution < -0.4 is 0 Å². The van der Waals surface area contributed by atoms with Crippen LogP contribution in [-0.4, -0.2) is 11.4 Å². The molecule has 1 N–H and O–H groups in total. The smallest absolute Gasteiger partial charge is 0.154 e. The van der Waals surface area contributed by atoms with Gasteiger partial charge in [0.1, 0.15) is 0 Å². The summed E-state index contributed by atoms with van der Waals surface area (Å²) in [6.45, 7) is 2.37. The van der Waals surface area contributed by atoms with Gasteiger partial charge in [-0.2, -0.15) is 0 Å². The molecule has 0 bridgehead atoms. The van der Waals surface area contributed by atoms with Gasteiger partial charge in [0.25, 0.3) is 0 Å². The number of hydrogen-bond acceptors (Lipinski definition) is 2. The predicted molar refractivity (Wildman–Crippen MR) is 47.5 cm³/mol. The van der Waals surface area contributed by atoms with E-state index in [1.165, 1.54) is 0 Å². The van der Waals surface area contributed by atoms with Crippen molar-refractivity contribution in [3.63, 3.8) is 0 Å². The first-order valence-electron chi connectivity index (χ1n) is 4.16. The third kappa shape index (κ3) is 3.03. The van der Waals surface area contributed by atoms with Crippen molar-refractivity contribution in [1.29, 1.82) is 0 Å². The van der Waals surface area contributed by atoms with Crippen LogP contribution in [-0.2, 0) is 11.3 Å². The molecule has 1 atom stereocenters. The minimum absolute atomic E-state index is 0.482. The maximum absolute atomic E-state index is 9.10. The number of benzene rings is 1. The summed E-state index contributed by atoms with van der Waals surface area (Å²) in [5.41, 5.74) is 1.09. The Bertz CT molecular complexity index is 208. The summed E-state index contributed by atoms with van der Waals surface area (Å²) in [6.07, 6.45) is -0.00229. The second-order valence-corrected chi connectivity index (χ2v) is 2.66. The van der Waals surface area contributed by atoms with E-state index in [1.807, 2.05) is 37.3 Å². The minimum atomic E-state index is -0.634. The predicted octanol–water partition coefficient (Wildman–Crippen LogP) is 1.93. The maximum Gasteiger partial charge on any atom is 0.154 e. The molecule has 0 amide bonds. The van der Waals surface area contributed by atoms with Gasteiger partial charge in [-0.15, -0.1) is 0 Å². The van der Waals surface area contributed by atoms with E-state index in [0.717, 1.165) is 5.56 Å². The zero-order chi connectivity index (χ0) is 8.81. The molecule has 0 aliphatic carbocycles. The monoisotopic (exact) mass is 166 g/mol. The lowest BCUT2D eigenvalue weighted by atomic mass is 10.2. The minimum Gasteiger partial charge on any atom is -0.368 e. The number of ether oxygens (including phenoxy) is 1.